The van der Waals surface area contributed by atoms with Crippen LogP contribution < -0.4 is 9.47 Å². The molecular weight excluding hydrogens is 448 g/mol. The van der Waals surface area contributed by atoms with Crippen molar-refractivity contribution in [2.45, 2.75) is 13.2 Å². The highest BCUT2D eigenvalue weighted by atomic mass is 16.5. The van der Waals surface area contributed by atoms with Crippen LogP contribution in [0.15, 0.2) is 122 Å². The fourth-order valence-electron chi connectivity index (χ4n) is 4.03. The van der Waals surface area contributed by atoms with Gasteiger partial charge in [0, 0.05) is 23.5 Å². The highest BCUT2D eigenvalue weighted by Crippen LogP contribution is 2.26. The molecular formula is C30H24N4O2. The molecule has 0 unspecified atom stereocenters. The molecule has 6 aromatic rings. The molecule has 0 N–H and O–H groups in total. The number of ether oxygens (including phenoxy) is 2. The van der Waals surface area contributed by atoms with Crippen molar-refractivity contribution >= 4 is 10.8 Å². The lowest BCUT2D eigenvalue weighted by atomic mass is 10.1. The number of para-hydroxylation sites is 2. The number of hydrogen-bond acceptors (Lipinski definition) is 4. The second-order valence-corrected chi connectivity index (χ2v) is 8.51. The number of benzene rings is 4. The highest BCUT2D eigenvalue weighted by molar-refractivity contribution is 5.85. The lowest BCUT2D eigenvalue weighted by Gasteiger charge is -2.09. The standard InChI is InChI=1S/C30H24N4O2/c1-3-7-27(8-4-1)33-19-23(17-31-33)21-35-29-13-11-26-16-30(14-12-25(26)15-29)36-22-24-18-32-34(20-24)28-9-5-2-6-10-28/h1-20H,21-22H2. The van der Waals surface area contributed by atoms with Crippen LogP contribution in [0.1, 0.15) is 11.1 Å². The molecule has 0 saturated carbocycles. The molecule has 0 aliphatic carbocycles. The summed E-state index contributed by atoms with van der Waals surface area (Å²) in [5.41, 5.74) is 4.08. The molecule has 0 fully saturated rings. The summed E-state index contributed by atoms with van der Waals surface area (Å²) in [5, 5.41) is 11.1. The van der Waals surface area contributed by atoms with Gasteiger partial charge in [-0.2, -0.15) is 10.2 Å². The molecule has 0 saturated heterocycles. The first-order valence-electron chi connectivity index (χ1n) is 11.8. The fraction of sp³-hybridized carbons (Fsp3) is 0.0667. The third-order valence-corrected chi connectivity index (χ3v) is 5.91. The maximum absolute atomic E-state index is 6.03. The molecule has 0 aliphatic heterocycles. The summed E-state index contributed by atoms with van der Waals surface area (Å²) >= 11 is 0. The molecule has 0 aliphatic rings. The summed E-state index contributed by atoms with van der Waals surface area (Å²) in [4.78, 5) is 0. The van der Waals surface area contributed by atoms with Crippen molar-refractivity contribution in [2.75, 3.05) is 0 Å². The lowest BCUT2D eigenvalue weighted by Crippen LogP contribution is -1.96. The van der Waals surface area contributed by atoms with Gasteiger partial charge in [0.1, 0.15) is 24.7 Å². The first-order valence-corrected chi connectivity index (χ1v) is 11.8. The molecule has 6 nitrogen and oxygen atoms in total. The molecule has 6 heteroatoms. The van der Waals surface area contributed by atoms with Crippen molar-refractivity contribution < 1.29 is 9.47 Å². The van der Waals surface area contributed by atoms with Gasteiger partial charge in [0.25, 0.3) is 0 Å². The third-order valence-electron chi connectivity index (χ3n) is 5.91. The van der Waals surface area contributed by atoms with Crippen LogP contribution >= 0.6 is 0 Å². The van der Waals surface area contributed by atoms with Crippen LogP contribution in [0.25, 0.3) is 22.1 Å². The van der Waals surface area contributed by atoms with Crippen LogP contribution in [0.2, 0.25) is 0 Å². The molecule has 0 bridgehead atoms. The van der Waals surface area contributed by atoms with Crippen molar-refractivity contribution in [3.8, 4) is 22.9 Å². The molecule has 0 spiro atoms. The maximum atomic E-state index is 6.03. The Balaban J connectivity index is 1.08. The minimum atomic E-state index is 0.455. The second kappa shape index (κ2) is 9.80. The number of nitrogens with zero attached hydrogens (tertiary/aromatic N) is 4. The number of aromatic nitrogens is 4. The second-order valence-electron chi connectivity index (χ2n) is 8.51. The molecule has 0 atom stereocenters. The molecule has 0 amide bonds. The van der Waals surface area contributed by atoms with Crippen LogP contribution in [0, 0.1) is 0 Å². The van der Waals surface area contributed by atoms with Gasteiger partial charge in [0.2, 0.25) is 0 Å². The van der Waals surface area contributed by atoms with E-state index >= 15 is 0 Å². The monoisotopic (exact) mass is 472 g/mol. The van der Waals surface area contributed by atoms with Crippen molar-refractivity contribution in [2.24, 2.45) is 0 Å². The summed E-state index contributed by atoms with van der Waals surface area (Å²) in [6.07, 6.45) is 7.65. The average molecular weight is 473 g/mol. The van der Waals surface area contributed by atoms with Gasteiger partial charge in [-0.3, -0.25) is 0 Å². The Morgan fingerprint density at radius 1 is 0.528 bits per heavy atom. The van der Waals surface area contributed by atoms with Crippen molar-refractivity contribution in [1.82, 2.24) is 19.6 Å². The smallest absolute Gasteiger partial charge is 0.120 e. The largest absolute Gasteiger partial charge is 0.489 e. The summed E-state index contributed by atoms with van der Waals surface area (Å²) < 4.78 is 15.8. The number of fused-ring (bicyclic) bond motifs is 1. The van der Waals surface area contributed by atoms with Crippen molar-refractivity contribution in [3.63, 3.8) is 0 Å². The molecule has 2 aromatic heterocycles. The zero-order valence-corrected chi connectivity index (χ0v) is 19.6. The maximum Gasteiger partial charge on any atom is 0.120 e. The quantitative estimate of drug-likeness (QED) is 0.258. The summed E-state index contributed by atoms with van der Waals surface area (Å²) in [6.45, 7) is 0.909. The Kier molecular flexibility index (Phi) is 5.90. The summed E-state index contributed by atoms with van der Waals surface area (Å²) in [6, 6.07) is 32.2. The highest BCUT2D eigenvalue weighted by Gasteiger charge is 2.06. The van der Waals surface area contributed by atoms with Crippen molar-refractivity contribution in [1.29, 1.82) is 0 Å². The van der Waals surface area contributed by atoms with E-state index in [-0.39, 0.29) is 0 Å². The van der Waals surface area contributed by atoms with E-state index in [4.69, 9.17) is 9.47 Å². The van der Waals surface area contributed by atoms with Crippen molar-refractivity contribution in [3.05, 3.63) is 133 Å². The van der Waals surface area contributed by atoms with E-state index in [1.165, 1.54) is 0 Å². The first kappa shape index (κ1) is 21.7. The summed E-state index contributed by atoms with van der Waals surface area (Å²) in [5.74, 6) is 1.63. The van der Waals surface area contributed by atoms with Crippen LogP contribution in [0.4, 0.5) is 0 Å². The third kappa shape index (κ3) is 4.83. The number of hydrogen-bond donors (Lipinski definition) is 0. The van der Waals surface area contributed by atoms with Gasteiger partial charge >= 0.3 is 0 Å². The predicted octanol–water partition coefficient (Wildman–Crippen LogP) is 6.37. The van der Waals surface area contributed by atoms with Gasteiger partial charge in [-0.05, 0) is 59.3 Å². The summed E-state index contributed by atoms with van der Waals surface area (Å²) in [7, 11) is 0. The first-order chi connectivity index (χ1) is 17.8. The van der Waals surface area contributed by atoms with Gasteiger partial charge in [0.15, 0.2) is 0 Å². The molecule has 0 radical (unpaired) electrons. The molecule has 176 valence electrons. The molecule has 4 aromatic carbocycles. The predicted molar refractivity (Wildman–Crippen MR) is 140 cm³/mol. The zero-order valence-electron chi connectivity index (χ0n) is 19.6. The Hall–Kier alpha value is -4.84. The Morgan fingerprint density at radius 2 is 0.972 bits per heavy atom. The van der Waals surface area contributed by atoms with Crippen LogP contribution in [-0.4, -0.2) is 19.6 Å². The normalized spacial score (nSPS) is 11.0. The van der Waals surface area contributed by atoms with Crippen LogP contribution in [-0.2, 0) is 13.2 Å². The van der Waals surface area contributed by atoms with Gasteiger partial charge < -0.3 is 9.47 Å². The van der Waals surface area contributed by atoms with E-state index < -0.39 is 0 Å². The zero-order chi connectivity index (χ0) is 24.2. The van der Waals surface area contributed by atoms with Crippen LogP contribution in [0.3, 0.4) is 0 Å². The topological polar surface area (TPSA) is 54.1 Å². The van der Waals surface area contributed by atoms with Gasteiger partial charge in [-0.25, -0.2) is 9.36 Å². The van der Waals surface area contributed by atoms with E-state index in [0.717, 1.165) is 44.8 Å². The average Bonchev–Trinajstić information content (AvgIpc) is 3.62. The van der Waals surface area contributed by atoms with Gasteiger partial charge in [0.05, 0.1) is 23.8 Å². The minimum absolute atomic E-state index is 0.455. The number of rotatable bonds is 8. The van der Waals surface area contributed by atoms with Gasteiger partial charge in [-0.15, -0.1) is 0 Å². The SMILES string of the molecule is c1ccc(-n2cc(COc3ccc4cc(OCc5cnn(-c6ccccc6)c5)ccc4c3)cn2)cc1. The van der Waals surface area contributed by atoms with E-state index in [1.807, 2.05) is 119 Å². The van der Waals surface area contributed by atoms with E-state index in [1.54, 1.807) is 0 Å². The van der Waals surface area contributed by atoms with E-state index in [2.05, 4.69) is 22.3 Å². The fourth-order valence-corrected chi connectivity index (χ4v) is 4.03. The minimum Gasteiger partial charge on any atom is -0.489 e. The van der Waals surface area contributed by atoms with Crippen LogP contribution in [0.5, 0.6) is 11.5 Å². The Bertz CT molecular complexity index is 1470. The van der Waals surface area contributed by atoms with E-state index in [9.17, 15) is 0 Å². The Labute approximate surface area is 209 Å². The van der Waals surface area contributed by atoms with E-state index in [0.29, 0.717) is 13.2 Å². The lowest BCUT2D eigenvalue weighted by molar-refractivity contribution is 0.305. The molecule has 6 rings (SSSR count). The Morgan fingerprint density at radius 3 is 1.42 bits per heavy atom. The molecule has 2 heterocycles. The van der Waals surface area contributed by atoms with Gasteiger partial charge in [-0.1, -0.05) is 48.5 Å². The molecule has 36 heavy (non-hydrogen) atoms.